The maximum absolute atomic E-state index is 12.0. The fraction of sp³-hybridized carbons (Fsp3) is 0.0500. The molecule has 1 aromatic heterocycles. The van der Waals surface area contributed by atoms with Gasteiger partial charge in [0.1, 0.15) is 11.5 Å². The van der Waals surface area contributed by atoms with Crippen molar-refractivity contribution in [3.05, 3.63) is 86.6 Å². The van der Waals surface area contributed by atoms with E-state index >= 15 is 0 Å². The number of nitro benzene ring substituents is 1. The van der Waals surface area contributed by atoms with Gasteiger partial charge in [-0.3, -0.25) is 19.7 Å². The number of rotatable bonds is 7. The molecule has 2 N–H and O–H groups in total. The van der Waals surface area contributed by atoms with Gasteiger partial charge < -0.3 is 9.73 Å². The molecule has 2 aromatic carbocycles. The zero-order chi connectivity index (χ0) is 21.5. The van der Waals surface area contributed by atoms with E-state index in [0.717, 1.165) is 0 Å². The van der Waals surface area contributed by atoms with Crippen molar-refractivity contribution in [1.82, 2.24) is 10.7 Å². The number of furan rings is 1. The van der Waals surface area contributed by atoms with Crippen LogP contribution in [0, 0.1) is 10.1 Å². The number of hydrogen-bond acceptors (Lipinski definition) is 6. The Balaban J connectivity index is 1.51. The van der Waals surface area contributed by atoms with E-state index in [4.69, 9.17) is 4.42 Å². The third-order valence-corrected chi connectivity index (χ3v) is 4.59. The van der Waals surface area contributed by atoms with E-state index in [0.29, 0.717) is 27.1 Å². The normalized spacial score (nSPS) is 10.7. The highest BCUT2D eigenvalue weighted by Crippen LogP contribution is 2.24. The van der Waals surface area contributed by atoms with Crippen LogP contribution in [-0.4, -0.2) is 29.5 Å². The summed E-state index contributed by atoms with van der Waals surface area (Å²) in [5.41, 5.74) is 3.36. The first kappa shape index (κ1) is 20.9. The van der Waals surface area contributed by atoms with Crippen molar-refractivity contribution in [2.45, 2.75) is 0 Å². The Hall–Kier alpha value is -3.79. The lowest BCUT2D eigenvalue weighted by atomic mass is 10.1. The van der Waals surface area contributed by atoms with E-state index in [2.05, 4.69) is 31.8 Å². The average molecular weight is 471 g/mol. The highest BCUT2D eigenvalue weighted by molar-refractivity contribution is 9.10. The lowest BCUT2D eigenvalue weighted by Crippen LogP contribution is -2.35. The predicted octanol–water partition coefficient (Wildman–Crippen LogP) is 3.50. The van der Waals surface area contributed by atoms with Crippen molar-refractivity contribution < 1.29 is 18.9 Å². The molecular formula is C20H15BrN4O5. The maximum atomic E-state index is 12.0. The van der Waals surface area contributed by atoms with Gasteiger partial charge in [0.25, 0.3) is 17.5 Å². The van der Waals surface area contributed by atoms with Crippen LogP contribution in [-0.2, 0) is 4.79 Å². The number of carbonyl (C=O) groups is 2. The van der Waals surface area contributed by atoms with E-state index in [1.807, 2.05) is 0 Å². The van der Waals surface area contributed by atoms with E-state index in [9.17, 15) is 19.7 Å². The fourth-order valence-corrected chi connectivity index (χ4v) is 2.90. The maximum Gasteiger partial charge on any atom is 0.269 e. The molecule has 3 aromatic rings. The van der Waals surface area contributed by atoms with Crippen LogP contribution < -0.4 is 10.7 Å². The summed E-state index contributed by atoms with van der Waals surface area (Å²) in [5, 5.41) is 17.0. The molecule has 0 atom stereocenters. The fourth-order valence-electron chi connectivity index (χ4n) is 2.43. The molecule has 0 unspecified atom stereocenters. The number of carbonyl (C=O) groups excluding carboxylic acids is 2. The highest BCUT2D eigenvalue weighted by Gasteiger charge is 2.11. The largest absolute Gasteiger partial charge is 0.455 e. The van der Waals surface area contributed by atoms with Gasteiger partial charge >= 0.3 is 0 Å². The van der Waals surface area contributed by atoms with Crippen molar-refractivity contribution in [2.24, 2.45) is 5.10 Å². The molecule has 152 valence electrons. The minimum Gasteiger partial charge on any atom is -0.455 e. The van der Waals surface area contributed by atoms with Crippen LogP contribution in [0.2, 0.25) is 0 Å². The summed E-state index contributed by atoms with van der Waals surface area (Å²) < 4.78 is 6.20. The molecule has 30 heavy (non-hydrogen) atoms. The van der Waals surface area contributed by atoms with Gasteiger partial charge in [-0.05, 0) is 52.3 Å². The first-order valence-electron chi connectivity index (χ1n) is 8.63. The average Bonchev–Trinajstić information content (AvgIpc) is 3.21. The number of hydrazone groups is 1. The Labute approximate surface area is 179 Å². The van der Waals surface area contributed by atoms with Crippen LogP contribution in [0.3, 0.4) is 0 Å². The molecule has 0 spiro atoms. The molecule has 10 heteroatoms. The first-order chi connectivity index (χ1) is 14.4. The minimum atomic E-state index is -0.506. The van der Waals surface area contributed by atoms with Gasteiger partial charge in [0.05, 0.1) is 23.2 Å². The van der Waals surface area contributed by atoms with Crippen LogP contribution in [0.15, 0.2) is 74.7 Å². The summed E-state index contributed by atoms with van der Waals surface area (Å²) in [6.07, 6.45) is 1.31. The molecular weight excluding hydrogens is 456 g/mol. The Morgan fingerprint density at radius 3 is 2.53 bits per heavy atom. The van der Waals surface area contributed by atoms with Gasteiger partial charge in [-0.1, -0.05) is 12.1 Å². The lowest BCUT2D eigenvalue weighted by Gasteiger charge is -2.05. The van der Waals surface area contributed by atoms with Crippen LogP contribution in [0.25, 0.3) is 11.3 Å². The predicted molar refractivity (Wildman–Crippen MR) is 113 cm³/mol. The highest BCUT2D eigenvalue weighted by atomic mass is 79.9. The zero-order valence-corrected chi connectivity index (χ0v) is 17.0. The number of hydrogen-bond donors (Lipinski definition) is 2. The number of benzene rings is 2. The summed E-state index contributed by atoms with van der Waals surface area (Å²) in [6.45, 7) is -0.246. The molecule has 0 aliphatic rings. The molecule has 0 aliphatic heterocycles. The number of amides is 2. The third kappa shape index (κ3) is 5.39. The van der Waals surface area contributed by atoms with E-state index < -0.39 is 10.8 Å². The number of nitro groups is 1. The van der Waals surface area contributed by atoms with Crippen molar-refractivity contribution in [3.8, 4) is 11.3 Å². The summed E-state index contributed by atoms with van der Waals surface area (Å²) in [4.78, 5) is 34.1. The van der Waals surface area contributed by atoms with Crippen LogP contribution >= 0.6 is 15.9 Å². The van der Waals surface area contributed by atoms with Crippen LogP contribution in [0.5, 0.6) is 0 Å². The Bertz CT molecular complexity index is 1110. The van der Waals surface area contributed by atoms with Gasteiger partial charge in [-0.2, -0.15) is 5.10 Å². The molecule has 0 saturated heterocycles. The number of nitrogens with one attached hydrogen (secondary N) is 2. The first-order valence-corrected chi connectivity index (χ1v) is 9.42. The molecule has 0 radical (unpaired) electrons. The van der Waals surface area contributed by atoms with Crippen molar-refractivity contribution >= 4 is 39.6 Å². The quantitative estimate of drug-likeness (QED) is 0.310. The topological polar surface area (TPSA) is 127 Å². The summed E-state index contributed by atoms with van der Waals surface area (Å²) in [7, 11) is 0. The van der Waals surface area contributed by atoms with Gasteiger partial charge in [0.2, 0.25) is 0 Å². The van der Waals surface area contributed by atoms with Crippen molar-refractivity contribution in [2.75, 3.05) is 6.54 Å². The number of nitrogens with zero attached hydrogens (tertiary/aromatic N) is 2. The molecule has 0 aliphatic carbocycles. The summed E-state index contributed by atoms with van der Waals surface area (Å²) in [5.74, 6) is -0.0199. The van der Waals surface area contributed by atoms with Gasteiger partial charge in [0.15, 0.2) is 0 Å². The van der Waals surface area contributed by atoms with Crippen LogP contribution in [0.1, 0.15) is 16.1 Å². The second-order valence-corrected chi connectivity index (χ2v) is 6.82. The van der Waals surface area contributed by atoms with Gasteiger partial charge in [-0.25, -0.2) is 5.43 Å². The van der Waals surface area contributed by atoms with Crippen LogP contribution in [0.4, 0.5) is 5.69 Å². The zero-order valence-electron chi connectivity index (χ0n) is 15.4. The van der Waals surface area contributed by atoms with Gasteiger partial charge in [-0.15, -0.1) is 0 Å². The second kappa shape index (κ2) is 9.61. The minimum absolute atomic E-state index is 0.0125. The van der Waals surface area contributed by atoms with E-state index in [1.165, 1.54) is 18.3 Å². The molecule has 1 heterocycles. The third-order valence-electron chi connectivity index (χ3n) is 3.90. The van der Waals surface area contributed by atoms with Crippen molar-refractivity contribution in [3.63, 3.8) is 0 Å². The smallest absolute Gasteiger partial charge is 0.269 e. The Morgan fingerprint density at radius 1 is 1.10 bits per heavy atom. The van der Waals surface area contributed by atoms with Gasteiger partial charge in [0, 0.05) is 22.2 Å². The molecule has 0 fully saturated rings. The van der Waals surface area contributed by atoms with Crippen molar-refractivity contribution in [1.29, 1.82) is 0 Å². The molecule has 9 nitrogen and oxygen atoms in total. The molecule has 0 saturated carbocycles. The van der Waals surface area contributed by atoms with E-state index in [-0.39, 0.29) is 18.1 Å². The molecule has 2 amide bonds. The SMILES string of the molecule is O=C(CNC(=O)c1ccccc1Br)NN=Cc1ccc(-c2ccc([N+](=O)[O-])cc2)o1. The summed E-state index contributed by atoms with van der Waals surface area (Å²) in [6, 6.07) is 16.1. The Morgan fingerprint density at radius 2 is 1.83 bits per heavy atom. The molecule has 0 bridgehead atoms. The molecule has 3 rings (SSSR count). The summed E-state index contributed by atoms with van der Waals surface area (Å²) >= 11 is 3.28. The monoisotopic (exact) mass is 470 g/mol. The Kier molecular flexibility index (Phi) is 6.71. The second-order valence-electron chi connectivity index (χ2n) is 5.96. The number of non-ortho nitro benzene ring substituents is 1. The van der Waals surface area contributed by atoms with E-state index in [1.54, 1.807) is 48.5 Å². The lowest BCUT2D eigenvalue weighted by molar-refractivity contribution is -0.384. The standard InChI is InChI=1S/C20H15BrN4O5/c21-17-4-2-1-3-16(17)20(27)22-12-19(26)24-23-11-15-9-10-18(30-15)13-5-7-14(8-6-13)25(28)29/h1-11H,12H2,(H,22,27)(H,24,26). The number of halogens is 1.